The van der Waals surface area contributed by atoms with Crippen molar-refractivity contribution in [3.63, 3.8) is 0 Å². The van der Waals surface area contributed by atoms with Crippen LogP contribution in [0.1, 0.15) is 30.9 Å². The number of thiocarbonyl (C=S) groups is 1. The quantitative estimate of drug-likeness (QED) is 0.524. The van der Waals surface area contributed by atoms with Gasteiger partial charge in [0.05, 0.1) is 0 Å². The molecule has 128 valence electrons. The van der Waals surface area contributed by atoms with E-state index in [1.807, 2.05) is 24.3 Å². The maximum absolute atomic E-state index is 13.5. The van der Waals surface area contributed by atoms with E-state index in [1.165, 1.54) is 11.6 Å². The number of hydrogen-bond donors (Lipinski definition) is 2. The second-order valence-corrected chi connectivity index (χ2v) is 7.32. The lowest BCUT2D eigenvalue weighted by molar-refractivity contribution is 0.617. The van der Waals surface area contributed by atoms with Crippen molar-refractivity contribution in [1.82, 2.24) is 5.32 Å². The molecule has 2 aromatic rings. The normalized spacial score (nSPS) is 10.7. The average molecular weight is 363 g/mol. The van der Waals surface area contributed by atoms with Gasteiger partial charge in [-0.25, -0.2) is 4.39 Å². The van der Waals surface area contributed by atoms with Gasteiger partial charge in [-0.3, -0.25) is 0 Å². The number of benzene rings is 2. The van der Waals surface area contributed by atoms with Crippen LogP contribution in [0.25, 0.3) is 0 Å². The topological polar surface area (TPSA) is 24.1 Å². The molecule has 0 saturated heterocycles. The van der Waals surface area contributed by atoms with Crippen LogP contribution in [-0.2, 0) is 5.75 Å². The number of halogens is 1. The molecule has 0 unspecified atom stereocenters. The Morgan fingerprint density at radius 2 is 1.83 bits per heavy atom. The minimum Gasteiger partial charge on any atom is -0.362 e. The van der Waals surface area contributed by atoms with Gasteiger partial charge in [0.1, 0.15) is 5.82 Å². The number of thioether (sulfide) groups is 1. The molecule has 0 amide bonds. The molecule has 0 aliphatic heterocycles. The van der Waals surface area contributed by atoms with E-state index in [1.54, 1.807) is 17.8 Å². The highest BCUT2D eigenvalue weighted by molar-refractivity contribution is 7.98. The Kier molecular flexibility index (Phi) is 7.53. The molecule has 0 atom stereocenters. The fourth-order valence-corrected chi connectivity index (χ4v) is 3.23. The monoisotopic (exact) mass is 362 g/mol. The summed E-state index contributed by atoms with van der Waals surface area (Å²) in [5.41, 5.74) is 3.04. The average Bonchev–Trinajstić information content (AvgIpc) is 2.56. The Balaban J connectivity index is 1.65. The Morgan fingerprint density at radius 3 is 2.50 bits per heavy atom. The summed E-state index contributed by atoms with van der Waals surface area (Å²) in [6, 6.07) is 15.2. The summed E-state index contributed by atoms with van der Waals surface area (Å²) in [6.07, 6.45) is 0. The van der Waals surface area contributed by atoms with Crippen LogP contribution in [0.2, 0.25) is 0 Å². The number of anilines is 1. The molecule has 2 rings (SSSR count). The molecule has 0 spiro atoms. The van der Waals surface area contributed by atoms with Crippen LogP contribution in [0.15, 0.2) is 48.5 Å². The lowest BCUT2D eigenvalue weighted by atomic mass is 10.0. The molecule has 0 radical (unpaired) electrons. The molecule has 0 bridgehead atoms. The van der Waals surface area contributed by atoms with Crippen molar-refractivity contribution in [2.24, 2.45) is 0 Å². The molecule has 0 fully saturated rings. The summed E-state index contributed by atoms with van der Waals surface area (Å²) in [4.78, 5) is 0. The van der Waals surface area contributed by atoms with Gasteiger partial charge in [0.25, 0.3) is 0 Å². The van der Waals surface area contributed by atoms with Crippen LogP contribution in [0.4, 0.5) is 10.1 Å². The molecular weight excluding hydrogens is 339 g/mol. The molecule has 5 heteroatoms. The first kappa shape index (κ1) is 18.7. The van der Waals surface area contributed by atoms with Crippen LogP contribution in [0.5, 0.6) is 0 Å². The van der Waals surface area contributed by atoms with Crippen LogP contribution < -0.4 is 10.6 Å². The number of nitrogens with one attached hydrogen (secondary N) is 2. The predicted molar refractivity (Wildman–Crippen MR) is 107 cm³/mol. The fraction of sp³-hybridized carbons (Fsp3) is 0.316. The van der Waals surface area contributed by atoms with Gasteiger partial charge in [0.15, 0.2) is 5.11 Å². The van der Waals surface area contributed by atoms with Gasteiger partial charge in [0, 0.05) is 23.7 Å². The highest BCUT2D eigenvalue weighted by atomic mass is 32.2. The maximum Gasteiger partial charge on any atom is 0.170 e. The number of hydrogen-bond acceptors (Lipinski definition) is 2. The Hall–Kier alpha value is -1.59. The molecule has 0 aliphatic rings. The van der Waals surface area contributed by atoms with Gasteiger partial charge < -0.3 is 10.6 Å². The van der Waals surface area contributed by atoms with Crippen LogP contribution in [0.3, 0.4) is 0 Å². The zero-order valence-corrected chi connectivity index (χ0v) is 15.6. The SMILES string of the molecule is CC(C)c1ccc(NC(=S)NCCSCc2ccccc2F)cc1. The second kappa shape index (κ2) is 9.64. The van der Waals surface area contributed by atoms with Gasteiger partial charge in [-0.15, -0.1) is 0 Å². The highest BCUT2D eigenvalue weighted by Gasteiger charge is 2.02. The lowest BCUT2D eigenvalue weighted by Crippen LogP contribution is -2.30. The van der Waals surface area contributed by atoms with E-state index in [0.29, 0.717) is 16.8 Å². The van der Waals surface area contributed by atoms with Gasteiger partial charge in [0.2, 0.25) is 0 Å². The van der Waals surface area contributed by atoms with Crippen molar-refractivity contribution in [3.05, 3.63) is 65.5 Å². The zero-order chi connectivity index (χ0) is 17.4. The zero-order valence-electron chi connectivity index (χ0n) is 14.0. The number of rotatable bonds is 7. The molecule has 0 heterocycles. The summed E-state index contributed by atoms with van der Waals surface area (Å²) < 4.78 is 13.5. The summed E-state index contributed by atoms with van der Waals surface area (Å²) in [5, 5.41) is 6.96. The summed E-state index contributed by atoms with van der Waals surface area (Å²) >= 11 is 6.98. The molecule has 0 aromatic heterocycles. The largest absolute Gasteiger partial charge is 0.362 e. The predicted octanol–water partition coefficient (Wildman–Crippen LogP) is 5.17. The van der Waals surface area contributed by atoms with Crippen LogP contribution in [0, 0.1) is 5.82 Å². The lowest BCUT2D eigenvalue weighted by Gasteiger charge is -2.12. The van der Waals surface area contributed by atoms with Crippen molar-refractivity contribution < 1.29 is 4.39 Å². The third kappa shape index (κ3) is 6.13. The first-order valence-corrected chi connectivity index (χ1v) is 9.58. The van der Waals surface area contributed by atoms with Gasteiger partial charge in [-0.1, -0.05) is 44.2 Å². The van der Waals surface area contributed by atoms with Crippen molar-refractivity contribution >= 4 is 34.8 Å². The van der Waals surface area contributed by atoms with E-state index in [4.69, 9.17) is 12.2 Å². The molecule has 0 aliphatic carbocycles. The molecule has 0 saturated carbocycles. The van der Waals surface area contributed by atoms with E-state index in [2.05, 4.69) is 36.6 Å². The maximum atomic E-state index is 13.5. The first-order chi connectivity index (χ1) is 11.6. The molecule has 2 aromatic carbocycles. The minimum atomic E-state index is -0.139. The van der Waals surface area contributed by atoms with Crippen molar-refractivity contribution in [1.29, 1.82) is 0 Å². The van der Waals surface area contributed by atoms with E-state index in [9.17, 15) is 4.39 Å². The molecule has 24 heavy (non-hydrogen) atoms. The highest BCUT2D eigenvalue weighted by Crippen LogP contribution is 2.17. The summed E-state index contributed by atoms with van der Waals surface area (Å²) in [6.45, 7) is 5.09. The van der Waals surface area contributed by atoms with Gasteiger partial charge in [-0.2, -0.15) is 11.8 Å². The van der Waals surface area contributed by atoms with Crippen molar-refractivity contribution in [3.8, 4) is 0 Å². The second-order valence-electron chi connectivity index (χ2n) is 5.80. The van der Waals surface area contributed by atoms with E-state index >= 15 is 0 Å². The van der Waals surface area contributed by atoms with E-state index < -0.39 is 0 Å². The Labute approximate surface area is 153 Å². The first-order valence-electron chi connectivity index (χ1n) is 8.02. The van der Waals surface area contributed by atoms with Crippen molar-refractivity contribution in [2.45, 2.75) is 25.5 Å². The smallest absolute Gasteiger partial charge is 0.170 e. The molecule has 2 nitrogen and oxygen atoms in total. The van der Waals surface area contributed by atoms with Crippen molar-refractivity contribution in [2.75, 3.05) is 17.6 Å². The van der Waals surface area contributed by atoms with E-state index in [0.717, 1.165) is 23.5 Å². The van der Waals surface area contributed by atoms with Crippen LogP contribution >= 0.6 is 24.0 Å². The van der Waals surface area contributed by atoms with Gasteiger partial charge in [-0.05, 0) is 47.5 Å². The Bertz CT molecular complexity index is 657. The van der Waals surface area contributed by atoms with Gasteiger partial charge >= 0.3 is 0 Å². The van der Waals surface area contributed by atoms with Crippen LogP contribution in [-0.4, -0.2) is 17.4 Å². The fourth-order valence-electron chi connectivity index (χ4n) is 2.16. The standard InChI is InChI=1S/C19H23FN2S2/c1-14(2)15-7-9-17(10-8-15)22-19(23)21-11-12-24-13-16-5-3-4-6-18(16)20/h3-10,14H,11-13H2,1-2H3,(H2,21,22,23). The van der Waals surface area contributed by atoms with E-state index in [-0.39, 0.29) is 5.82 Å². The molecular formula is C19H23FN2S2. The Morgan fingerprint density at radius 1 is 1.12 bits per heavy atom. The molecule has 2 N–H and O–H groups in total. The summed E-state index contributed by atoms with van der Waals surface area (Å²) in [5.74, 6) is 1.92. The summed E-state index contributed by atoms with van der Waals surface area (Å²) in [7, 11) is 0. The third-order valence-electron chi connectivity index (χ3n) is 3.58. The minimum absolute atomic E-state index is 0.139. The third-order valence-corrected chi connectivity index (χ3v) is 4.84.